The fourth-order valence-corrected chi connectivity index (χ4v) is 1.99. The molecule has 0 fully saturated rings. The Labute approximate surface area is 92.2 Å². The topological polar surface area (TPSA) is 58.9 Å². The molecule has 2 rings (SSSR count). The summed E-state index contributed by atoms with van der Waals surface area (Å²) in [6.45, 7) is 1.95. The molecule has 2 aromatic rings. The van der Waals surface area contributed by atoms with Crippen molar-refractivity contribution >= 4 is 28.3 Å². The minimum atomic E-state index is -0.0806. The highest BCUT2D eigenvalue weighted by molar-refractivity contribution is 6.35. The van der Waals surface area contributed by atoms with Gasteiger partial charge in [-0.15, -0.1) is 0 Å². The quantitative estimate of drug-likeness (QED) is 0.766. The highest BCUT2D eigenvalue weighted by Gasteiger charge is 2.12. The van der Waals surface area contributed by atoms with Crippen molar-refractivity contribution < 1.29 is 4.79 Å². The van der Waals surface area contributed by atoms with Crippen molar-refractivity contribution in [3.8, 4) is 0 Å². The fraction of sp³-hybridized carbons (Fsp3) is 0.182. The highest BCUT2D eigenvalue weighted by atomic mass is 35.5. The molecule has 3 nitrogen and oxygen atoms in total. The van der Waals surface area contributed by atoms with Gasteiger partial charge in [-0.05, 0) is 24.6 Å². The van der Waals surface area contributed by atoms with Gasteiger partial charge < -0.3 is 10.7 Å². The van der Waals surface area contributed by atoms with E-state index in [-0.39, 0.29) is 12.3 Å². The van der Waals surface area contributed by atoms with Crippen LogP contribution in [0.25, 0.3) is 10.9 Å². The third-order valence-corrected chi connectivity index (χ3v) is 2.67. The number of halogens is 1. The molecule has 1 heterocycles. The molecular weight excluding hydrogens is 212 g/mol. The lowest BCUT2D eigenvalue weighted by Crippen LogP contribution is -2.12. The highest BCUT2D eigenvalue weighted by Crippen LogP contribution is 2.27. The third kappa shape index (κ3) is 1.64. The summed E-state index contributed by atoms with van der Waals surface area (Å²) in [5.74, 6) is -0.0806. The smallest absolute Gasteiger partial charge is 0.178 e. The number of aromatic amines is 1. The third-order valence-electron chi connectivity index (χ3n) is 2.37. The van der Waals surface area contributed by atoms with Crippen LogP contribution in [0.15, 0.2) is 18.3 Å². The number of nitrogens with two attached hydrogens (primary N) is 1. The maximum Gasteiger partial charge on any atom is 0.178 e. The van der Waals surface area contributed by atoms with Crippen molar-refractivity contribution in [1.82, 2.24) is 4.98 Å². The molecule has 1 aromatic carbocycles. The predicted octanol–water partition coefficient (Wildman–Crippen LogP) is 2.27. The predicted molar refractivity (Wildman–Crippen MR) is 61.4 cm³/mol. The average Bonchev–Trinajstić information content (AvgIpc) is 2.60. The number of nitrogens with one attached hydrogen (secondary N) is 1. The van der Waals surface area contributed by atoms with E-state index in [0.29, 0.717) is 10.6 Å². The van der Waals surface area contributed by atoms with Crippen LogP contribution in [0.4, 0.5) is 0 Å². The van der Waals surface area contributed by atoms with Crippen LogP contribution in [0, 0.1) is 6.92 Å². The van der Waals surface area contributed by atoms with Gasteiger partial charge in [-0.2, -0.15) is 0 Å². The molecule has 1 aromatic heterocycles. The standard InChI is InChI=1S/C11H11ClN2O/c1-6-2-7-8(10(15)4-13)5-14-11(7)9(12)3-6/h2-3,5,14H,4,13H2,1H3. The van der Waals surface area contributed by atoms with Crippen LogP contribution in [0.3, 0.4) is 0 Å². The summed E-state index contributed by atoms with van der Waals surface area (Å²) in [7, 11) is 0. The Bertz CT molecular complexity index is 531. The summed E-state index contributed by atoms with van der Waals surface area (Å²) in [6.07, 6.45) is 1.66. The number of fused-ring (bicyclic) bond motifs is 1. The summed E-state index contributed by atoms with van der Waals surface area (Å²) < 4.78 is 0. The Kier molecular flexibility index (Phi) is 2.50. The van der Waals surface area contributed by atoms with Crippen LogP contribution >= 0.6 is 11.6 Å². The number of Topliss-reactive ketones (excluding diaryl/α,β-unsaturated/α-hetero) is 1. The second-order valence-electron chi connectivity index (χ2n) is 3.50. The Morgan fingerprint density at radius 2 is 2.27 bits per heavy atom. The number of carbonyl (C=O) groups excluding carboxylic acids is 1. The summed E-state index contributed by atoms with van der Waals surface area (Å²) in [6, 6.07) is 3.79. The lowest BCUT2D eigenvalue weighted by molar-refractivity contribution is 0.100. The molecule has 0 unspecified atom stereocenters. The molecule has 0 bridgehead atoms. The first-order valence-electron chi connectivity index (χ1n) is 4.64. The largest absolute Gasteiger partial charge is 0.359 e. The van der Waals surface area contributed by atoms with Crippen LogP contribution in [0.5, 0.6) is 0 Å². The number of hydrogen-bond acceptors (Lipinski definition) is 2. The maximum absolute atomic E-state index is 11.5. The number of H-pyrrole nitrogens is 1. The molecule has 15 heavy (non-hydrogen) atoms. The summed E-state index contributed by atoms with van der Waals surface area (Å²) in [5, 5.41) is 1.47. The molecule has 4 heteroatoms. The van der Waals surface area contributed by atoms with Crippen molar-refractivity contribution in [2.24, 2.45) is 5.73 Å². The number of ketones is 1. The van der Waals surface area contributed by atoms with E-state index in [4.69, 9.17) is 17.3 Å². The second kappa shape index (κ2) is 3.68. The summed E-state index contributed by atoms with van der Waals surface area (Å²) in [5.41, 5.74) is 7.76. The molecule has 0 spiro atoms. The average molecular weight is 223 g/mol. The molecule has 0 amide bonds. The second-order valence-corrected chi connectivity index (χ2v) is 3.91. The minimum absolute atomic E-state index is 0.0124. The molecular formula is C11H11ClN2O. The Hall–Kier alpha value is -1.32. The van der Waals surface area contributed by atoms with Gasteiger partial charge in [-0.1, -0.05) is 11.6 Å². The van der Waals surface area contributed by atoms with Gasteiger partial charge in [-0.3, -0.25) is 4.79 Å². The Balaban J connectivity index is 2.74. The van der Waals surface area contributed by atoms with E-state index in [9.17, 15) is 4.79 Å². The molecule has 0 aliphatic carbocycles. The first-order chi connectivity index (χ1) is 7.13. The SMILES string of the molecule is Cc1cc(Cl)c2[nH]cc(C(=O)CN)c2c1. The van der Waals surface area contributed by atoms with Gasteiger partial charge in [-0.25, -0.2) is 0 Å². The fourth-order valence-electron chi connectivity index (χ4n) is 1.66. The van der Waals surface area contributed by atoms with Gasteiger partial charge in [0.1, 0.15) is 0 Å². The van der Waals surface area contributed by atoms with E-state index in [0.717, 1.165) is 16.5 Å². The van der Waals surface area contributed by atoms with Crippen LogP contribution in [0.2, 0.25) is 5.02 Å². The first-order valence-corrected chi connectivity index (χ1v) is 5.01. The van der Waals surface area contributed by atoms with E-state index >= 15 is 0 Å². The van der Waals surface area contributed by atoms with E-state index < -0.39 is 0 Å². The molecule has 0 saturated carbocycles. The van der Waals surface area contributed by atoms with Crippen molar-refractivity contribution in [1.29, 1.82) is 0 Å². The number of aryl methyl sites for hydroxylation is 1. The van der Waals surface area contributed by atoms with Crippen molar-refractivity contribution in [3.63, 3.8) is 0 Å². The minimum Gasteiger partial charge on any atom is -0.359 e. The molecule has 0 atom stereocenters. The van der Waals surface area contributed by atoms with Gasteiger partial charge in [0, 0.05) is 17.1 Å². The molecule has 0 aliphatic rings. The lowest BCUT2D eigenvalue weighted by atomic mass is 10.1. The zero-order valence-corrected chi connectivity index (χ0v) is 9.06. The van der Waals surface area contributed by atoms with Crippen LogP contribution < -0.4 is 5.73 Å². The van der Waals surface area contributed by atoms with E-state index in [1.165, 1.54) is 0 Å². The van der Waals surface area contributed by atoms with Gasteiger partial charge in [0.2, 0.25) is 0 Å². The zero-order chi connectivity index (χ0) is 11.0. The lowest BCUT2D eigenvalue weighted by Gasteiger charge is -1.99. The van der Waals surface area contributed by atoms with Gasteiger partial charge >= 0.3 is 0 Å². The number of hydrogen-bond donors (Lipinski definition) is 2. The molecule has 0 radical (unpaired) electrons. The van der Waals surface area contributed by atoms with Crippen LogP contribution in [-0.2, 0) is 0 Å². The monoisotopic (exact) mass is 222 g/mol. The number of rotatable bonds is 2. The maximum atomic E-state index is 11.5. The van der Waals surface area contributed by atoms with Crippen LogP contribution in [0.1, 0.15) is 15.9 Å². The van der Waals surface area contributed by atoms with Crippen molar-refractivity contribution in [2.45, 2.75) is 6.92 Å². The number of aromatic nitrogens is 1. The summed E-state index contributed by atoms with van der Waals surface area (Å²) >= 11 is 6.05. The van der Waals surface area contributed by atoms with Gasteiger partial charge in [0.15, 0.2) is 5.78 Å². The molecule has 3 N–H and O–H groups in total. The van der Waals surface area contributed by atoms with E-state index in [1.54, 1.807) is 6.20 Å². The zero-order valence-electron chi connectivity index (χ0n) is 8.30. The van der Waals surface area contributed by atoms with Gasteiger partial charge in [0.05, 0.1) is 17.1 Å². The Morgan fingerprint density at radius 3 is 2.93 bits per heavy atom. The molecule has 0 saturated heterocycles. The number of benzene rings is 1. The normalized spacial score (nSPS) is 10.9. The Morgan fingerprint density at radius 1 is 1.53 bits per heavy atom. The summed E-state index contributed by atoms with van der Waals surface area (Å²) in [4.78, 5) is 14.5. The van der Waals surface area contributed by atoms with Crippen LogP contribution in [-0.4, -0.2) is 17.3 Å². The van der Waals surface area contributed by atoms with Crippen molar-refractivity contribution in [3.05, 3.63) is 34.5 Å². The van der Waals surface area contributed by atoms with Gasteiger partial charge in [0.25, 0.3) is 0 Å². The molecule has 78 valence electrons. The van der Waals surface area contributed by atoms with E-state index in [2.05, 4.69) is 4.98 Å². The molecule has 0 aliphatic heterocycles. The van der Waals surface area contributed by atoms with Crippen molar-refractivity contribution in [2.75, 3.05) is 6.54 Å². The van der Waals surface area contributed by atoms with E-state index in [1.807, 2.05) is 19.1 Å². The first kappa shape index (κ1) is 10.2. The number of carbonyl (C=O) groups is 1.